The number of aliphatic hydroxyl groups excluding tert-OH is 1. The Kier molecular flexibility index (Phi) is 5.08. The van der Waals surface area contributed by atoms with E-state index in [4.69, 9.17) is 10.00 Å². The van der Waals surface area contributed by atoms with Crippen LogP contribution in [0.1, 0.15) is 44.3 Å². The first-order valence-electron chi connectivity index (χ1n) is 9.15. The lowest BCUT2D eigenvalue weighted by molar-refractivity contribution is 0.0535. The second-order valence-electron chi connectivity index (χ2n) is 6.84. The fraction of sp³-hybridized carbons (Fsp3) is 0.238. The fourth-order valence-electron chi connectivity index (χ4n) is 3.36. The molecule has 1 aliphatic heterocycles. The molecule has 3 aromatic rings. The number of carbonyl (C=O) groups excluding carboxylic acids is 1. The maximum Gasteiger partial charge on any atom is 0.338 e. The molecule has 0 aliphatic carbocycles. The zero-order valence-electron chi connectivity index (χ0n) is 15.8. The summed E-state index contributed by atoms with van der Waals surface area (Å²) in [5, 5.41) is 26.9. The molecule has 0 spiro atoms. The number of benzene rings is 1. The average Bonchev–Trinajstić information content (AvgIpc) is 3.36. The highest BCUT2D eigenvalue weighted by Crippen LogP contribution is 2.28. The van der Waals surface area contributed by atoms with Gasteiger partial charge < -0.3 is 15.2 Å². The van der Waals surface area contributed by atoms with Gasteiger partial charge in [0.15, 0.2) is 5.82 Å². The summed E-state index contributed by atoms with van der Waals surface area (Å²) in [6.45, 7) is 3.04. The molecular formula is C21H19N5O3. The van der Waals surface area contributed by atoms with E-state index in [2.05, 4.69) is 15.4 Å². The van der Waals surface area contributed by atoms with Gasteiger partial charge in [0.1, 0.15) is 12.7 Å². The van der Waals surface area contributed by atoms with Gasteiger partial charge in [-0.1, -0.05) is 6.07 Å². The molecule has 8 nitrogen and oxygen atoms in total. The maximum absolute atomic E-state index is 11.6. The van der Waals surface area contributed by atoms with Gasteiger partial charge in [0, 0.05) is 36.6 Å². The zero-order chi connectivity index (χ0) is 20.4. The van der Waals surface area contributed by atoms with Crippen LogP contribution in [0.3, 0.4) is 0 Å². The van der Waals surface area contributed by atoms with Crippen LogP contribution in [0.2, 0.25) is 0 Å². The maximum atomic E-state index is 11.6. The molecule has 4 rings (SSSR count). The van der Waals surface area contributed by atoms with Crippen molar-refractivity contribution in [2.45, 2.75) is 26.2 Å². The molecule has 0 saturated carbocycles. The third kappa shape index (κ3) is 3.74. The van der Waals surface area contributed by atoms with Crippen LogP contribution < -0.4 is 5.32 Å². The number of fused-ring (bicyclic) bond motifs is 1. The highest BCUT2D eigenvalue weighted by Gasteiger charge is 2.25. The topological polar surface area (TPSA) is 113 Å². The zero-order valence-corrected chi connectivity index (χ0v) is 15.8. The van der Waals surface area contributed by atoms with Crippen LogP contribution in [0.15, 0.2) is 42.9 Å². The number of cyclic esters (lactones) is 1. The molecule has 0 bridgehead atoms. The molecular weight excluding hydrogens is 370 g/mol. The molecule has 2 N–H and O–H groups in total. The minimum absolute atomic E-state index is 0.260. The van der Waals surface area contributed by atoms with E-state index in [1.54, 1.807) is 35.1 Å². The lowest BCUT2D eigenvalue weighted by Gasteiger charge is -2.16. The van der Waals surface area contributed by atoms with Crippen molar-refractivity contribution in [1.82, 2.24) is 20.1 Å². The van der Waals surface area contributed by atoms with Crippen molar-refractivity contribution in [1.29, 1.82) is 5.26 Å². The predicted molar refractivity (Wildman–Crippen MR) is 103 cm³/mol. The SMILES string of the molecule is Cc1c(C(O)CNCc2cnn(-c3ccc(C#N)cn3)c2)ccc2c1COC2=O. The number of pyridine rings is 1. The van der Waals surface area contributed by atoms with E-state index in [1.165, 1.54) is 6.20 Å². The largest absolute Gasteiger partial charge is 0.457 e. The average molecular weight is 389 g/mol. The number of rotatable bonds is 6. The first kappa shape index (κ1) is 18.8. The summed E-state index contributed by atoms with van der Waals surface area (Å²) in [6, 6.07) is 8.95. The van der Waals surface area contributed by atoms with E-state index in [9.17, 15) is 9.90 Å². The van der Waals surface area contributed by atoms with E-state index in [0.29, 0.717) is 30.0 Å². The Morgan fingerprint density at radius 3 is 2.97 bits per heavy atom. The van der Waals surface area contributed by atoms with Crippen molar-refractivity contribution in [3.05, 3.63) is 76.2 Å². The smallest absolute Gasteiger partial charge is 0.338 e. The van der Waals surface area contributed by atoms with Gasteiger partial charge in [0.25, 0.3) is 0 Å². The fourth-order valence-corrected chi connectivity index (χ4v) is 3.36. The Morgan fingerprint density at radius 2 is 2.21 bits per heavy atom. The Bertz CT molecular complexity index is 1100. The summed E-state index contributed by atoms with van der Waals surface area (Å²) in [4.78, 5) is 15.8. The minimum atomic E-state index is -0.703. The molecule has 0 radical (unpaired) electrons. The van der Waals surface area contributed by atoms with Gasteiger partial charge in [-0.05, 0) is 36.2 Å². The standard InChI is InChI=1S/C21H19N5O3/c1-13-16(3-4-17-18(13)12-29-21(17)28)19(27)10-23-7-15-9-25-26(11-15)20-5-2-14(6-22)8-24-20/h2-5,8-9,11,19,23,27H,7,10,12H2,1H3. The number of hydrogen-bond acceptors (Lipinski definition) is 7. The second-order valence-corrected chi connectivity index (χ2v) is 6.84. The quantitative estimate of drug-likeness (QED) is 0.620. The number of carbonyl (C=O) groups is 1. The number of hydrogen-bond donors (Lipinski definition) is 2. The first-order chi connectivity index (χ1) is 14.1. The van der Waals surface area contributed by atoms with Crippen LogP contribution in [0.5, 0.6) is 0 Å². The summed E-state index contributed by atoms with van der Waals surface area (Å²) in [5.41, 5.74) is 4.54. The van der Waals surface area contributed by atoms with Gasteiger partial charge in [-0.3, -0.25) is 0 Å². The molecule has 0 saturated heterocycles. The van der Waals surface area contributed by atoms with E-state index in [-0.39, 0.29) is 12.6 Å². The van der Waals surface area contributed by atoms with Crippen molar-refractivity contribution in [3.8, 4) is 11.9 Å². The molecule has 1 atom stereocenters. The van der Waals surface area contributed by atoms with E-state index in [1.807, 2.05) is 19.2 Å². The number of aromatic nitrogens is 3. The van der Waals surface area contributed by atoms with Gasteiger partial charge in [-0.25, -0.2) is 14.5 Å². The summed E-state index contributed by atoms with van der Waals surface area (Å²) >= 11 is 0. The minimum Gasteiger partial charge on any atom is -0.457 e. The van der Waals surface area contributed by atoms with Crippen LogP contribution >= 0.6 is 0 Å². The van der Waals surface area contributed by atoms with Gasteiger partial charge in [-0.15, -0.1) is 0 Å². The van der Waals surface area contributed by atoms with Gasteiger partial charge in [0.05, 0.1) is 23.4 Å². The molecule has 0 fully saturated rings. The lowest BCUT2D eigenvalue weighted by atomic mass is 9.95. The Balaban J connectivity index is 1.37. The molecule has 29 heavy (non-hydrogen) atoms. The molecule has 3 heterocycles. The number of nitriles is 1. The summed E-state index contributed by atoms with van der Waals surface area (Å²) in [7, 11) is 0. The lowest BCUT2D eigenvalue weighted by Crippen LogP contribution is -2.21. The van der Waals surface area contributed by atoms with Gasteiger partial charge in [0.2, 0.25) is 0 Å². The summed E-state index contributed by atoms with van der Waals surface area (Å²) in [6.07, 6.45) is 4.37. The molecule has 146 valence electrons. The summed E-state index contributed by atoms with van der Waals surface area (Å²) in [5.74, 6) is 0.317. The van der Waals surface area contributed by atoms with Crippen molar-refractivity contribution < 1.29 is 14.6 Å². The van der Waals surface area contributed by atoms with Crippen LogP contribution in [-0.2, 0) is 17.9 Å². The van der Waals surface area contributed by atoms with E-state index < -0.39 is 6.10 Å². The van der Waals surface area contributed by atoms with Crippen LogP contribution in [0, 0.1) is 18.3 Å². The normalized spacial score (nSPS) is 13.6. The number of esters is 1. The molecule has 2 aromatic heterocycles. The van der Waals surface area contributed by atoms with Crippen molar-refractivity contribution in [2.75, 3.05) is 6.54 Å². The highest BCUT2D eigenvalue weighted by atomic mass is 16.5. The Hall–Kier alpha value is -3.54. The van der Waals surface area contributed by atoms with Crippen LogP contribution in [0.4, 0.5) is 0 Å². The number of ether oxygens (including phenoxy) is 1. The molecule has 1 aliphatic rings. The first-order valence-corrected chi connectivity index (χ1v) is 9.15. The van der Waals surface area contributed by atoms with Crippen molar-refractivity contribution >= 4 is 5.97 Å². The number of nitrogens with one attached hydrogen (secondary N) is 1. The molecule has 8 heteroatoms. The Morgan fingerprint density at radius 1 is 1.34 bits per heavy atom. The third-order valence-corrected chi connectivity index (χ3v) is 4.98. The molecule has 0 amide bonds. The van der Waals surface area contributed by atoms with Crippen LogP contribution in [-0.4, -0.2) is 32.4 Å². The monoisotopic (exact) mass is 389 g/mol. The van der Waals surface area contributed by atoms with Crippen molar-refractivity contribution in [3.63, 3.8) is 0 Å². The van der Waals surface area contributed by atoms with Crippen LogP contribution in [0.25, 0.3) is 5.82 Å². The highest BCUT2D eigenvalue weighted by molar-refractivity contribution is 5.93. The van der Waals surface area contributed by atoms with Gasteiger partial charge >= 0.3 is 5.97 Å². The van der Waals surface area contributed by atoms with Crippen molar-refractivity contribution in [2.24, 2.45) is 0 Å². The van der Waals surface area contributed by atoms with Gasteiger partial charge in [-0.2, -0.15) is 10.4 Å². The van der Waals surface area contributed by atoms with E-state index >= 15 is 0 Å². The summed E-state index contributed by atoms with van der Waals surface area (Å²) < 4.78 is 6.70. The Labute approximate surface area is 167 Å². The number of nitrogens with zero attached hydrogens (tertiary/aromatic N) is 4. The second kappa shape index (κ2) is 7.83. The molecule has 1 aromatic carbocycles. The predicted octanol–water partition coefficient (Wildman–Crippen LogP) is 1.94. The third-order valence-electron chi connectivity index (χ3n) is 4.98. The van der Waals surface area contributed by atoms with E-state index in [0.717, 1.165) is 22.3 Å². The molecule has 1 unspecified atom stereocenters. The number of aliphatic hydroxyl groups is 1.